The first kappa shape index (κ1) is 53.6. The minimum atomic E-state index is -2.24. The highest BCUT2D eigenvalue weighted by atomic mass is 28.4. The molecule has 4 rings (SSSR count). The zero-order valence-corrected chi connectivity index (χ0v) is 40.2. The van der Waals surface area contributed by atoms with Crippen molar-refractivity contribution >= 4 is 38.0 Å². The summed E-state index contributed by atoms with van der Waals surface area (Å²) in [4.78, 5) is 66.4. The number of esters is 3. The van der Waals surface area contributed by atoms with Crippen LogP contribution in [0.4, 0.5) is 0 Å². The molecule has 0 aliphatic carbocycles. The lowest BCUT2D eigenvalue weighted by molar-refractivity contribution is -0.269. The Balaban J connectivity index is 1.47. The van der Waals surface area contributed by atoms with Crippen molar-refractivity contribution in [1.29, 1.82) is 0 Å². The third-order valence-electron chi connectivity index (χ3n) is 11.2. The van der Waals surface area contributed by atoms with E-state index < -0.39 is 81.8 Å². The van der Waals surface area contributed by atoms with Gasteiger partial charge >= 0.3 is 17.9 Å². The molecule has 362 valence electrons. The van der Waals surface area contributed by atoms with Gasteiger partial charge in [-0.15, -0.1) is 0 Å². The van der Waals surface area contributed by atoms with Gasteiger partial charge < -0.3 is 53.3 Å². The predicted molar refractivity (Wildman–Crippen MR) is 247 cm³/mol. The van der Waals surface area contributed by atoms with Crippen LogP contribution in [-0.4, -0.2) is 126 Å². The highest BCUT2D eigenvalue weighted by Gasteiger charge is 2.52. The van der Waals surface area contributed by atoms with Crippen molar-refractivity contribution in [3.63, 3.8) is 0 Å². The Labute approximate surface area is 389 Å². The molecule has 1 saturated heterocycles. The van der Waals surface area contributed by atoms with E-state index >= 15 is 0 Å². The van der Waals surface area contributed by atoms with Crippen molar-refractivity contribution in [2.24, 2.45) is 0 Å². The lowest BCUT2D eigenvalue weighted by Gasteiger charge is -2.45. The molecule has 0 bridgehead atoms. The average molecular weight is 937 g/mol. The summed E-state index contributed by atoms with van der Waals surface area (Å²) in [6.45, 7) is 14.3. The SMILES string of the molecule is CC(=O)NC1C(OCCCCC(=O)NCC(COC(C)OCCCCO)O[Si](C)(C)C(C)(C)C)OC(COC(=O)c2ccccc2)C(OC(=O)c2ccccc2)C1OC(=O)c1ccccc1. The van der Waals surface area contributed by atoms with Crippen LogP contribution in [0.25, 0.3) is 0 Å². The lowest BCUT2D eigenvalue weighted by Crippen LogP contribution is -2.66. The molecule has 16 nitrogen and oxygen atoms in total. The minimum absolute atomic E-state index is 0.0412. The molecule has 1 aliphatic heterocycles. The maximum absolute atomic E-state index is 13.7. The van der Waals surface area contributed by atoms with E-state index in [0.717, 1.165) is 0 Å². The van der Waals surface area contributed by atoms with Crippen molar-refractivity contribution in [2.45, 2.75) is 128 Å². The second-order valence-electron chi connectivity index (χ2n) is 17.5. The number of ether oxygens (including phenoxy) is 7. The van der Waals surface area contributed by atoms with Gasteiger partial charge in [-0.2, -0.15) is 0 Å². The van der Waals surface area contributed by atoms with E-state index in [1.54, 1.807) is 97.9 Å². The number of unbranched alkanes of at least 4 members (excludes halogenated alkanes) is 2. The van der Waals surface area contributed by atoms with Crippen LogP contribution in [0, 0.1) is 0 Å². The van der Waals surface area contributed by atoms with Crippen molar-refractivity contribution in [3.8, 4) is 0 Å². The first-order chi connectivity index (χ1) is 31.5. The summed E-state index contributed by atoms with van der Waals surface area (Å²) in [5.41, 5.74) is 0.658. The highest BCUT2D eigenvalue weighted by molar-refractivity contribution is 6.74. The zero-order valence-electron chi connectivity index (χ0n) is 39.2. The van der Waals surface area contributed by atoms with Crippen LogP contribution < -0.4 is 10.6 Å². The number of carbonyl (C=O) groups excluding carboxylic acids is 5. The Hall–Kier alpha value is -5.01. The first-order valence-electron chi connectivity index (χ1n) is 22.6. The minimum Gasteiger partial charge on any atom is -0.459 e. The second-order valence-corrected chi connectivity index (χ2v) is 22.3. The van der Waals surface area contributed by atoms with Gasteiger partial charge in [-0.1, -0.05) is 75.4 Å². The van der Waals surface area contributed by atoms with Crippen LogP contribution in [0.15, 0.2) is 91.0 Å². The first-order valence-corrected chi connectivity index (χ1v) is 25.5. The number of rotatable bonds is 26. The molecule has 0 spiro atoms. The summed E-state index contributed by atoms with van der Waals surface area (Å²) < 4.78 is 48.7. The third-order valence-corrected chi connectivity index (χ3v) is 15.7. The Kier molecular flexibility index (Phi) is 21.9. The molecular weight excluding hydrogens is 869 g/mol. The van der Waals surface area contributed by atoms with E-state index in [2.05, 4.69) is 44.5 Å². The van der Waals surface area contributed by atoms with Crippen molar-refractivity contribution in [1.82, 2.24) is 10.6 Å². The summed E-state index contributed by atoms with van der Waals surface area (Å²) in [5.74, 6) is -2.94. The molecule has 3 N–H and O–H groups in total. The summed E-state index contributed by atoms with van der Waals surface area (Å²) in [7, 11) is -2.24. The van der Waals surface area contributed by atoms with Crippen molar-refractivity contribution in [2.75, 3.05) is 39.6 Å². The van der Waals surface area contributed by atoms with Crippen LogP contribution in [0.3, 0.4) is 0 Å². The zero-order chi connectivity index (χ0) is 48.1. The molecule has 0 saturated carbocycles. The number of hydrogen-bond donors (Lipinski definition) is 3. The summed E-state index contributed by atoms with van der Waals surface area (Å²) in [6.07, 6.45) is -3.95. The Bertz CT molecular complexity index is 1950. The fourth-order valence-electron chi connectivity index (χ4n) is 6.58. The molecule has 0 aromatic heterocycles. The Morgan fingerprint density at radius 1 is 0.742 bits per heavy atom. The second kappa shape index (κ2) is 27.0. The molecule has 2 amide bonds. The van der Waals surface area contributed by atoms with E-state index in [9.17, 15) is 24.0 Å². The number of nitrogens with one attached hydrogen (secondary N) is 2. The fourth-order valence-corrected chi connectivity index (χ4v) is 7.92. The van der Waals surface area contributed by atoms with E-state index in [1.807, 2.05) is 0 Å². The van der Waals surface area contributed by atoms with Gasteiger partial charge in [0.1, 0.15) is 18.8 Å². The van der Waals surface area contributed by atoms with Gasteiger partial charge in [0.15, 0.2) is 33.1 Å². The van der Waals surface area contributed by atoms with E-state index in [1.165, 1.54) is 6.92 Å². The van der Waals surface area contributed by atoms with E-state index in [-0.39, 0.29) is 60.4 Å². The highest BCUT2D eigenvalue weighted by Crippen LogP contribution is 2.37. The van der Waals surface area contributed by atoms with Gasteiger partial charge in [-0.05, 0) is 87.1 Å². The molecule has 1 aliphatic rings. The number of amides is 2. The average Bonchev–Trinajstić information content (AvgIpc) is 3.29. The molecule has 3 aromatic rings. The van der Waals surface area contributed by atoms with Gasteiger partial charge in [-0.3, -0.25) is 9.59 Å². The van der Waals surface area contributed by atoms with Gasteiger partial charge in [0.2, 0.25) is 11.8 Å². The monoisotopic (exact) mass is 936 g/mol. The predicted octanol–water partition coefficient (Wildman–Crippen LogP) is 6.37. The Morgan fingerprint density at radius 2 is 1.29 bits per heavy atom. The van der Waals surface area contributed by atoms with E-state index in [4.69, 9.17) is 42.7 Å². The fraction of sp³-hybridized carbons (Fsp3) is 0.531. The molecule has 7 unspecified atom stereocenters. The smallest absolute Gasteiger partial charge is 0.338 e. The van der Waals surface area contributed by atoms with Crippen molar-refractivity contribution in [3.05, 3.63) is 108 Å². The normalized spacial score (nSPS) is 19.5. The maximum atomic E-state index is 13.7. The molecule has 66 heavy (non-hydrogen) atoms. The molecule has 3 aromatic carbocycles. The maximum Gasteiger partial charge on any atom is 0.338 e. The molecule has 17 heteroatoms. The van der Waals surface area contributed by atoms with Crippen LogP contribution in [0.5, 0.6) is 0 Å². The standard InChI is InChI=1S/C49H68N2O14Si/c1-34(53)51-42-44(64-47(57)38-25-15-10-16-26-38)43(63-46(56)37-23-13-9-14-24-37)40(33-61-45(55)36-21-11-8-12-22-36)62-48(42)59-30-19-17-27-41(54)50-31-39(65-66(6,7)49(3,4)5)32-60-35(2)58-29-20-18-28-52/h8-16,21-26,35,39-40,42-44,48,52H,17-20,27-33H2,1-7H3,(H,50,54)(H,51,53). The summed E-state index contributed by atoms with van der Waals surface area (Å²) >= 11 is 0. The molecule has 1 heterocycles. The van der Waals surface area contributed by atoms with E-state index in [0.29, 0.717) is 32.3 Å². The molecular formula is C49H68N2O14Si. The number of carbonyl (C=O) groups is 5. The molecule has 7 atom stereocenters. The lowest BCUT2D eigenvalue weighted by atomic mass is 9.95. The van der Waals surface area contributed by atoms with Crippen molar-refractivity contribution < 1.29 is 66.7 Å². The largest absolute Gasteiger partial charge is 0.459 e. The van der Waals surface area contributed by atoms with Gasteiger partial charge in [0.05, 0.1) is 29.4 Å². The third kappa shape index (κ3) is 17.7. The van der Waals surface area contributed by atoms with Crippen LogP contribution in [-0.2, 0) is 47.2 Å². The van der Waals surface area contributed by atoms with Gasteiger partial charge in [0.25, 0.3) is 0 Å². The summed E-state index contributed by atoms with van der Waals surface area (Å²) in [6, 6.07) is 23.4. The van der Waals surface area contributed by atoms with Crippen LogP contribution in [0.2, 0.25) is 18.1 Å². The van der Waals surface area contributed by atoms with Crippen LogP contribution >= 0.6 is 0 Å². The topological polar surface area (TPSA) is 203 Å². The molecule has 0 radical (unpaired) electrons. The number of hydrogen-bond acceptors (Lipinski definition) is 14. The summed E-state index contributed by atoms with van der Waals surface area (Å²) in [5, 5.41) is 14.7. The molecule has 1 fully saturated rings. The number of aliphatic hydroxyl groups is 1. The number of aliphatic hydroxyl groups excluding tert-OH is 1. The van der Waals surface area contributed by atoms with Gasteiger partial charge in [-0.25, -0.2) is 14.4 Å². The number of benzene rings is 3. The quantitative estimate of drug-likeness (QED) is 0.0263. The van der Waals surface area contributed by atoms with Gasteiger partial charge in [0, 0.05) is 39.7 Å². The van der Waals surface area contributed by atoms with Crippen LogP contribution in [0.1, 0.15) is 97.8 Å². The Morgan fingerprint density at radius 3 is 1.83 bits per heavy atom.